The fourth-order valence-corrected chi connectivity index (χ4v) is 2.02. The lowest BCUT2D eigenvalue weighted by molar-refractivity contribution is -0.121. The minimum absolute atomic E-state index is 0.0510. The van der Waals surface area contributed by atoms with Gasteiger partial charge >= 0.3 is 0 Å². The van der Waals surface area contributed by atoms with Gasteiger partial charge in [-0.15, -0.1) is 0 Å². The van der Waals surface area contributed by atoms with Gasteiger partial charge in [0, 0.05) is 5.69 Å². The van der Waals surface area contributed by atoms with E-state index in [9.17, 15) is 4.79 Å². The maximum Gasteiger partial charge on any atom is 0.244 e. The molecule has 102 valence electrons. The van der Waals surface area contributed by atoms with E-state index in [0.717, 1.165) is 29.1 Å². The smallest absolute Gasteiger partial charge is 0.244 e. The van der Waals surface area contributed by atoms with E-state index < -0.39 is 5.54 Å². The number of benzene rings is 1. The molecule has 19 heavy (non-hydrogen) atoms. The lowest BCUT2D eigenvalue weighted by Gasteiger charge is -2.24. The van der Waals surface area contributed by atoms with E-state index in [1.54, 1.807) is 0 Å². The van der Waals surface area contributed by atoms with E-state index in [4.69, 9.17) is 0 Å². The first-order valence-corrected chi connectivity index (χ1v) is 6.45. The van der Waals surface area contributed by atoms with Crippen molar-refractivity contribution in [3.8, 4) is 0 Å². The molecular formula is C14H20N4O. The largest absolute Gasteiger partial charge is 0.342 e. The SMILES string of the molecule is CCNC(C)(C)C(=O)Nc1ccc2nc(C)[nH]c2c1. The molecular weight excluding hydrogens is 240 g/mol. The monoisotopic (exact) mass is 260 g/mol. The third-order valence-electron chi connectivity index (χ3n) is 3.04. The number of aromatic nitrogens is 2. The number of nitrogens with zero attached hydrogens (tertiary/aromatic N) is 1. The molecule has 0 bridgehead atoms. The van der Waals surface area contributed by atoms with E-state index in [1.165, 1.54) is 0 Å². The van der Waals surface area contributed by atoms with Gasteiger partial charge in [-0.1, -0.05) is 6.92 Å². The number of carbonyl (C=O) groups is 1. The third-order valence-corrected chi connectivity index (χ3v) is 3.04. The topological polar surface area (TPSA) is 69.8 Å². The van der Waals surface area contributed by atoms with Crippen LogP contribution in [0.4, 0.5) is 5.69 Å². The lowest BCUT2D eigenvalue weighted by atomic mass is 10.0. The second-order valence-electron chi connectivity index (χ2n) is 5.16. The van der Waals surface area contributed by atoms with Crippen LogP contribution >= 0.6 is 0 Å². The Bertz CT molecular complexity index is 601. The van der Waals surface area contributed by atoms with Crippen LogP contribution in [0.3, 0.4) is 0 Å². The zero-order valence-electron chi connectivity index (χ0n) is 11.8. The van der Waals surface area contributed by atoms with E-state index in [1.807, 2.05) is 45.9 Å². The summed E-state index contributed by atoms with van der Waals surface area (Å²) in [7, 11) is 0. The van der Waals surface area contributed by atoms with Crippen molar-refractivity contribution < 1.29 is 4.79 Å². The summed E-state index contributed by atoms with van der Waals surface area (Å²) in [6.45, 7) is 8.37. The Morgan fingerprint density at radius 1 is 1.42 bits per heavy atom. The molecule has 0 saturated heterocycles. The van der Waals surface area contributed by atoms with Gasteiger partial charge in [-0.05, 0) is 45.5 Å². The molecule has 0 aliphatic carbocycles. The highest BCUT2D eigenvalue weighted by Crippen LogP contribution is 2.18. The number of fused-ring (bicyclic) bond motifs is 1. The highest BCUT2D eigenvalue weighted by Gasteiger charge is 2.26. The molecule has 0 fully saturated rings. The first-order chi connectivity index (χ1) is 8.92. The average molecular weight is 260 g/mol. The molecule has 2 aromatic rings. The van der Waals surface area contributed by atoms with Crippen molar-refractivity contribution in [3.63, 3.8) is 0 Å². The molecule has 0 aliphatic rings. The minimum atomic E-state index is -0.590. The number of likely N-dealkylation sites (N-methyl/N-ethyl adjacent to an activating group) is 1. The average Bonchev–Trinajstić information content (AvgIpc) is 2.68. The van der Waals surface area contributed by atoms with Crippen molar-refractivity contribution in [1.29, 1.82) is 0 Å². The second-order valence-corrected chi connectivity index (χ2v) is 5.16. The highest BCUT2D eigenvalue weighted by atomic mass is 16.2. The standard InChI is InChI=1S/C14H20N4O/c1-5-15-14(3,4)13(19)18-10-6-7-11-12(8-10)17-9(2)16-11/h6-8,15H,5H2,1-4H3,(H,16,17)(H,18,19). The fraction of sp³-hybridized carbons (Fsp3) is 0.429. The van der Waals surface area contributed by atoms with Gasteiger partial charge < -0.3 is 15.6 Å². The highest BCUT2D eigenvalue weighted by molar-refractivity contribution is 5.98. The maximum atomic E-state index is 12.2. The normalized spacial score (nSPS) is 11.8. The number of rotatable bonds is 4. The molecule has 0 spiro atoms. The predicted molar refractivity (Wildman–Crippen MR) is 77.2 cm³/mol. The van der Waals surface area contributed by atoms with E-state index in [-0.39, 0.29) is 5.91 Å². The Hall–Kier alpha value is -1.88. The van der Waals surface area contributed by atoms with Crippen molar-refractivity contribution >= 4 is 22.6 Å². The van der Waals surface area contributed by atoms with Crippen molar-refractivity contribution in [2.45, 2.75) is 33.2 Å². The molecule has 1 amide bonds. The number of amides is 1. The van der Waals surface area contributed by atoms with Crippen molar-refractivity contribution in [2.75, 3.05) is 11.9 Å². The number of aryl methyl sites for hydroxylation is 1. The Morgan fingerprint density at radius 3 is 2.84 bits per heavy atom. The number of nitrogens with one attached hydrogen (secondary N) is 3. The van der Waals surface area contributed by atoms with Gasteiger partial charge in [0.1, 0.15) is 5.82 Å². The van der Waals surface area contributed by atoms with Crippen LogP contribution in [-0.2, 0) is 4.79 Å². The predicted octanol–water partition coefficient (Wildman–Crippen LogP) is 2.20. The van der Waals surface area contributed by atoms with Crippen molar-refractivity contribution in [1.82, 2.24) is 15.3 Å². The molecule has 0 aliphatic heterocycles. The molecule has 0 saturated carbocycles. The van der Waals surface area contributed by atoms with Crippen LogP contribution in [-0.4, -0.2) is 28.0 Å². The Balaban J connectivity index is 2.19. The van der Waals surface area contributed by atoms with Gasteiger partial charge in [0.05, 0.1) is 16.6 Å². The zero-order valence-corrected chi connectivity index (χ0v) is 11.8. The number of hydrogen-bond acceptors (Lipinski definition) is 3. The fourth-order valence-electron chi connectivity index (χ4n) is 2.02. The molecule has 1 aromatic carbocycles. The van der Waals surface area contributed by atoms with Gasteiger partial charge in [-0.3, -0.25) is 4.79 Å². The summed E-state index contributed by atoms with van der Waals surface area (Å²) in [5.41, 5.74) is 2.01. The lowest BCUT2D eigenvalue weighted by Crippen LogP contribution is -2.49. The van der Waals surface area contributed by atoms with Crippen LogP contribution in [0.25, 0.3) is 11.0 Å². The van der Waals surface area contributed by atoms with Crippen molar-refractivity contribution in [2.24, 2.45) is 0 Å². The van der Waals surface area contributed by atoms with Gasteiger partial charge in [0.2, 0.25) is 5.91 Å². The molecule has 0 atom stereocenters. The van der Waals surface area contributed by atoms with E-state index in [0.29, 0.717) is 0 Å². The molecule has 3 N–H and O–H groups in total. The summed E-state index contributed by atoms with van der Waals surface area (Å²) >= 11 is 0. The molecule has 0 radical (unpaired) electrons. The second kappa shape index (κ2) is 5.01. The zero-order chi connectivity index (χ0) is 14.0. The van der Waals surface area contributed by atoms with E-state index >= 15 is 0 Å². The number of H-pyrrole nitrogens is 1. The third kappa shape index (κ3) is 2.93. The van der Waals surface area contributed by atoms with E-state index in [2.05, 4.69) is 20.6 Å². The number of aromatic amines is 1. The first-order valence-electron chi connectivity index (χ1n) is 6.45. The molecule has 1 heterocycles. The summed E-state index contributed by atoms with van der Waals surface area (Å²) in [5.74, 6) is 0.816. The number of imidazole rings is 1. The summed E-state index contributed by atoms with van der Waals surface area (Å²) < 4.78 is 0. The molecule has 0 unspecified atom stereocenters. The minimum Gasteiger partial charge on any atom is -0.342 e. The quantitative estimate of drug-likeness (QED) is 0.789. The van der Waals surface area contributed by atoms with Crippen LogP contribution in [0.1, 0.15) is 26.6 Å². The summed E-state index contributed by atoms with van der Waals surface area (Å²) in [6.07, 6.45) is 0. The van der Waals surface area contributed by atoms with Crippen LogP contribution in [0.15, 0.2) is 18.2 Å². The summed E-state index contributed by atoms with van der Waals surface area (Å²) in [5, 5.41) is 6.07. The van der Waals surface area contributed by atoms with Gasteiger partial charge in [-0.2, -0.15) is 0 Å². The number of hydrogen-bond donors (Lipinski definition) is 3. The summed E-state index contributed by atoms with van der Waals surface area (Å²) in [4.78, 5) is 19.7. The van der Waals surface area contributed by atoms with Crippen LogP contribution in [0, 0.1) is 6.92 Å². The van der Waals surface area contributed by atoms with Crippen LogP contribution in [0.5, 0.6) is 0 Å². The van der Waals surface area contributed by atoms with Crippen LogP contribution in [0.2, 0.25) is 0 Å². The van der Waals surface area contributed by atoms with Gasteiger partial charge in [0.15, 0.2) is 0 Å². The molecule has 1 aromatic heterocycles. The van der Waals surface area contributed by atoms with Gasteiger partial charge in [-0.25, -0.2) is 4.98 Å². The summed E-state index contributed by atoms with van der Waals surface area (Å²) in [6, 6.07) is 5.66. The Labute approximate surface area is 112 Å². The molecule has 5 heteroatoms. The Kier molecular flexibility index (Phi) is 3.57. The van der Waals surface area contributed by atoms with Crippen LogP contribution < -0.4 is 10.6 Å². The van der Waals surface area contributed by atoms with Crippen molar-refractivity contribution in [3.05, 3.63) is 24.0 Å². The number of carbonyl (C=O) groups excluding carboxylic acids is 1. The number of anilines is 1. The maximum absolute atomic E-state index is 12.2. The Morgan fingerprint density at radius 2 is 2.16 bits per heavy atom. The first kappa shape index (κ1) is 13.5. The van der Waals surface area contributed by atoms with Gasteiger partial charge in [0.25, 0.3) is 0 Å². The molecule has 2 rings (SSSR count). The molecule has 5 nitrogen and oxygen atoms in total.